The third-order valence-electron chi connectivity index (χ3n) is 3.45. The van der Waals surface area contributed by atoms with Gasteiger partial charge in [0.05, 0.1) is 6.10 Å². The molecule has 0 bridgehead atoms. The average Bonchev–Trinajstić information content (AvgIpc) is 2.41. The Labute approximate surface area is 121 Å². The predicted octanol–water partition coefficient (Wildman–Crippen LogP) is 4.60. The van der Waals surface area contributed by atoms with Crippen molar-refractivity contribution in [1.82, 2.24) is 0 Å². The largest absolute Gasteiger partial charge is 0.387 e. The van der Waals surface area contributed by atoms with Crippen molar-refractivity contribution < 1.29 is 9.50 Å². The molecule has 0 heterocycles. The quantitative estimate of drug-likeness (QED) is 0.875. The lowest BCUT2D eigenvalue weighted by Crippen LogP contribution is -2.27. The van der Waals surface area contributed by atoms with Crippen molar-refractivity contribution in [2.75, 3.05) is 0 Å². The van der Waals surface area contributed by atoms with Crippen LogP contribution in [0.4, 0.5) is 4.39 Å². The van der Waals surface area contributed by atoms with Crippen molar-refractivity contribution >= 4 is 15.9 Å². The van der Waals surface area contributed by atoms with Crippen LogP contribution in [0.5, 0.6) is 0 Å². The van der Waals surface area contributed by atoms with Crippen LogP contribution in [0.25, 0.3) is 0 Å². The molecule has 3 heteroatoms. The zero-order chi connectivity index (χ0) is 14.0. The van der Waals surface area contributed by atoms with Crippen molar-refractivity contribution in [3.63, 3.8) is 0 Å². The van der Waals surface area contributed by atoms with Crippen LogP contribution in [0.15, 0.2) is 53.0 Å². The second-order valence-corrected chi connectivity index (χ2v) is 6.07. The summed E-state index contributed by atoms with van der Waals surface area (Å²) in [6, 6.07) is 14.3. The van der Waals surface area contributed by atoms with E-state index in [0.29, 0.717) is 5.56 Å². The fraction of sp³-hybridized carbons (Fsp3) is 0.250. The van der Waals surface area contributed by atoms with Gasteiger partial charge in [0.1, 0.15) is 5.82 Å². The first-order valence-electron chi connectivity index (χ1n) is 6.11. The maximum atomic E-state index is 13.9. The Morgan fingerprint density at radius 3 is 2.37 bits per heavy atom. The minimum Gasteiger partial charge on any atom is -0.387 e. The van der Waals surface area contributed by atoms with Gasteiger partial charge in [0, 0.05) is 15.5 Å². The van der Waals surface area contributed by atoms with E-state index in [1.165, 1.54) is 6.07 Å². The summed E-state index contributed by atoms with van der Waals surface area (Å²) < 4.78 is 14.6. The lowest BCUT2D eigenvalue weighted by atomic mass is 9.76. The third-order valence-corrected chi connectivity index (χ3v) is 3.95. The molecule has 19 heavy (non-hydrogen) atoms. The number of halogens is 2. The summed E-state index contributed by atoms with van der Waals surface area (Å²) in [6.45, 7) is 3.82. The molecular formula is C16H16BrFO. The highest BCUT2D eigenvalue weighted by atomic mass is 79.9. The van der Waals surface area contributed by atoms with Gasteiger partial charge < -0.3 is 5.11 Å². The second kappa shape index (κ2) is 5.43. The van der Waals surface area contributed by atoms with Gasteiger partial charge in [-0.15, -0.1) is 0 Å². The standard InChI is InChI=1S/C16H16BrFO/c1-16(2,11-6-4-3-5-7-11)15(19)13-10-12(17)8-9-14(13)18/h3-10,15,19H,1-2H3. The maximum Gasteiger partial charge on any atom is 0.129 e. The van der Waals surface area contributed by atoms with Gasteiger partial charge in [0.2, 0.25) is 0 Å². The van der Waals surface area contributed by atoms with Crippen molar-refractivity contribution in [2.24, 2.45) is 0 Å². The molecule has 2 aromatic carbocycles. The smallest absolute Gasteiger partial charge is 0.129 e. The van der Waals surface area contributed by atoms with Crippen molar-refractivity contribution in [3.8, 4) is 0 Å². The van der Waals surface area contributed by atoms with Crippen molar-refractivity contribution in [2.45, 2.75) is 25.4 Å². The lowest BCUT2D eigenvalue weighted by molar-refractivity contribution is 0.0965. The predicted molar refractivity (Wildman–Crippen MR) is 78.5 cm³/mol. The van der Waals surface area contributed by atoms with Gasteiger partial charge >= 0.3 is 0 Å². The molecule has 2 aromatic rings. The Bertz CT molecular complexity index is 566. The Hall–Kier alpha value is -1.19. The number of aliphatic hydroxyl groups excluding tert-OH is 1. The minimum atomic E-state index is -0.910. The molecule has 2 rings (SSSR count). The van der Waals surface area contributed by atoms with Crippen LogP contribution >= 0.6 is 15.9 Å². The summed E-state index contributed by atoms with van der Waals surface area (Å²) in [5, 5.41) is 10.5. The van der Waals surface area contributed by atoms with E-state index in [9.17, 15) is 9.50 Å². The van der Waals surface area contributed by atoms with Gasteiger partial charge in [0.25, 0.3) is 0 Å². The van der Waals surface area contributed by atoms with Gasteiger partial charge in [-0.1, -0.05) is 60.1 Å². The normalized spacial score (nSPS) is 13.3. The van der Waals surface area contributed by atoms with E-state index in [0.717, 1.165) is 10.0 Å². The number of hydrogen-bond acceptors (Lipinski definition) is 1. The first-order valence-corrected chi connectivity index (χ1v) is 6.91. The van der Waals surface area contributed by atoms with E-state index < -0.39 is 11.5 Å². The Balaban J connectivity index is 2.43. The highest BCUT2D eigenvalue weighted by Crippen LogP contribution is 2.38. The fourth-order valence-electron chi connectivity index (χ4n) is 2.14. The summed E-state index contributed by atoms with van der Waals surface area (Å²) in [5.41, 5.74) is 0.716. The summed E-state index contributed by atoms with van der Waals surface area (Å²) in [5.74, 6) is -0.389. The van der Waals surface area contributed by atoms with Gasteiger partial charge in [-0.3, -0.25) is 0 Å². The van der Waals surface area contributed by atoms with E-state index in [-0.39, 0.29) is 5.82 Å². The van der Waals surface area contributed by atoms with Crippen LogP contribution in [0.1, 0.15) is 31.1 Å². The van der Waals surface area contributed by atoms with E-state index in [1.54, 1.807) is 12.1 Å². The molecule has 0 spiro atoms. The average molecular weight is 323 g/mol. The molecule has 0 aromatic heterocycles. The molecule has 0 saturated heterocycles. The molecule has 0 saturated carbocycles. The first kappa shape index (κ1) is 14.2. The van der Waals surface area contributed by atoms with Crippen LogP contribution in [0.3, 0.4) is 0 Å². The van der Waals surface area contributed by atoms with Crippen molar-refractivity contribution in [3.05, 3.63) is 69.9 Å². The topological polar surface area (TPSA) is 20.2 Å². The molecule has 0 fully saturated rings. The fourth-order valence-corrected chi connectivity index (χ4v) is 2.52. The number of rotatable bonds is 3. The molecule has 1 N–H and O–H groups in total. The first-order chi connectivity index (χ1) is 8.93. The summed E-state index contributed by atoms with van der Waals surface area (Å²) in [6.07, 6.45) is -0.910. The Kier molecular flexibility index (Phi) is 4.07. The number of hydrogen-bond donors (Lipinski definition) is 1. The van der Waals surface area contributed by atoms with Crippen LogP contribution in [0, 0.1) is 5.82 Å². The van der Waals surface area contributed by atoms with Gasteiger partial charge in [-0.25, -0.2) is 4.39 Å². The zero-order valence-corrected chi connectivity index (χ0v) is 12.5. The summed E-state index contributed by atoms with van der Waals surface area (Å²) in [7, 11) is 0. The van der Waals surface area contributed by atoms with Crippen LogP contribution < -0.4 is 0 Å². The van der Waals surface area contributed by atoms with E-state index in [4.69, 9.17) is 0 Å². The van der Waals surface area contributed by atoms with Crippen LogP contribution in [0.2, 0.25) is 0 Å². The monoisotopic (exact) mass is 322 g/mol. The summed E-state index contributed by atoms with van der Waals surface area (Å²) >= 11 is 3.31. The molecule has 1 unspecified atom stereocenters. The molecule has 0 aliphatic rings. The van der Waals surface area contributed by atoms with Gasteiger partial charge in [0.15, 0.2) is 0 Å². The SMILES string of the molecule is CC(C)(c1ccccc1)C(O)c1cc(Br)ccc1F. The second-order valence-electron chi connectivity index (χ2n) is 5.16. The number of aliphatic hydroxyl groups is 1. The van der Waals surface area contributed by atoms with E-state index >= 15 is 0 Å². The lowest BCUT2D eigenvalue weighted by Gasteiger charge is -2.31. The van der Waals surface area contributed by atoms with Gasteiger partial charge in [-0.05, 0) is 23.8 Å². The molecule has 100 valence electrons. The molecule has 1 atom stereocenters. The van der Waals surface area contributed by atoms with Crippen LogP contribution in [-0.2, 0) is 5.41 Å². The molecule has 0 amide bonds. The van der Waals surface area contributed by atoms with E-state index in [2.05, 4.69) is 15.9 Å². The number of benzene rings is 2. The molecule has 0 radical (unpaired) electrons. The Morgan fingerprint density at radius 2 is 1.74 bits per heavy atom. The third kappa shape index (κ3) is 2.88. The highest BCUT2D eigenvalue weighted by Gasteiger charge is 2.32. The highest BCUT2D eigenvalue weighted by molar-refractivity contribution is 9.10. The maximum absolute atomic E-state index is 13.9. The van der Waals surface area contributed by atoms with Crippen molar-refractivity contribution in [1.29, 1.82) is 0 Å². The summed E-state index contributed by atoms with van der Waals surface area (Å²) in [4.78, 5) is 0. The molecular weight excluding hydrogens is 307 g/mol. The minimum absolute atomic E-state index is 0.309. The zero-order valence-electron chi connectivity index (χ0n) is 10.9. The molecule has 0 aliphatic carbocycles. The van der Waals surface area contributed by atoms with Crippen LogP contribution in [-0.4, -0.2) is 5.11 Å². The Morgan fingerprint density at radius 1 is 1.11 bits per heavy atom. The van der Waals surface area contributed by atoms with Gasteiger partial charge in [-0.2, -0.15) is 0 Å². The van der Waals surface area contributed by atoms with E-state index in [1.807, 2.05) is 44.2 Å². The molecule has 1 nitrogen and oxygen atoms in total. The molecule has 0 aliphatic heterocycles.